The van der Waals surface area contributed by atoms with Crippen LogP contribution in [0.25, 0.3) is 0 Å². The Kier molecular flexibility index (Phi) is 7.35. The Morgan fingerprint density at radius 2 is 1.76 bits per heavy atom. The number of carbonyl (C=O) groups is 2. The number of hydrogen-bond acceptors (Lipinski definition) is 3. The minimum Gasteiger partial charge on any atom is -0.481 e. The summed E-state index contributed by atoms with van der Waals surface area (Å²) in [5.74, 6) is -0.868. The smallest absolute Gasteiger partial charge is 0.319 e. The highest BCUT2D eigenvalue weighted by Crippen LogP contribution is 2.17. The van der Waals surface area contributed by atoms with E-state index >= 15 is 0 Å². The van der Waals surface area contributed by atoms with Gasteiger partial charge in [0.05, 0.1) is 0 Å². The first kappa shape index (κ1) is 18.9. The molecule has 0 bridgehead atoms. The zero-order valence-corrected chi connectivity index (χ0v) is 14.9. The number of carboxylic acids is 1. The Labute approximate surface area is 151 Å². The Morgan fingerprint density at radius 3 is 2.36 bits per heavy atom. The third-order valence-electron chi connectivity index (χ3n) is 3.71. The highest BCUT2D eigenvalue weighted by Gasteiger charge is 2.15. The molecule has 0 heterocycles. The number of benzene rings is 2. The van der Waals surface area contributed by atoms with Crippen molar-refractivity contribution in [1.29, 1.82) is 0 Å². The highest BCUT2D eigenvalue weighted by atomic mass is 32.2. The quantitative estimate of drug-likeness (QED) is 0.623. The van der Waals surface area contributed by atoms with Gasteiger partial charge in [0.15, 0.2) is 0 Å². The van der Waals surface area contributed by atoms with Gasteiger partial charge in [0.25, 0.3) is 0 Å². The fourth-order valence-corrected chi connectivity index (χ4v) is 2.86. The minimum absolute atomic E-state index is 0.0141. The average Bonchev–Trinajstić information content (AvgIpc) is 2.61. The van der Waals surface area contributed by atoms with Crippen LogP contribution < -0.4 is 10.6 Å². The Morgan fingerprint density at radius 1 is 1.08 bits per heavy atom. The standard InChI is InChI=1S/C19H22N2O3S/c1-25-17-10-7-15(8-11-17)20-19(24)21-16(9-12-18(22)23)13-14-5-3-2-4-6-14/h2-8,10-11,16H,9,12-13H2,1H3,(H,22,23)(H2,20,21,24). The van der Waals surface area contributed by atoms with E-state index in [0.717, 1.165) is 10.5 Å². The summed E-state index contributed by atoms with van der Waals surface area (Å²) in [4.78, 5) is 24.2. The normalized spacial score (nSPS) is 11.6. The lowest BCUT2D eigenvalue weighted by Crippen LogP contribution is -2.39. The van der Waals surface area contributed by atoms with Gasteiger partial charge in [-0.2, -0.15) is 0 Å². The van der Waals surface area contributed by atoms with Crippen molar-refractivity contribution in [3.05, 3.63) is 60.2 Å². The first-order valence-electron chi connectivity index (χ1n) is 8.04. The largest absolute Gasteiger partial charge is 0.481 e. The van der Waals surface area contributed by atoms with Crippen LogP contribution in [0.5, 0.6) is 0 Å². The maximum atomic E-state index is 12.2. The molecule has 2 aromatic rings. The van der Waals surface area contributed by atoms with E-state index in [9.17, 15) is 9.59 Å². The molecule has 5 nitrogen and oxygen atoms in total. The monoisotopic (exact) mass is 358 g/mol. The topological polar surface area (TPSA) is 78.4 Å². The maximum Gasteiger partial charge on any atom is 0.319 e. The van der Waals surface area contributed by atoms with E-state index in [4.69, 9.17) is 5.11 Å². The molecular formula is C19H22N2O3S. The van der Waals surface area contributed by atoms with E-state index in [1.165, 1.54) is 0 Å². The number of amides is 2. The maximum absolute atomic E-state index is 12.2. The molecule has 1 atom stereocenters. The van der Waals surface area contributed by atoms with Crippen molar-refractivity contribution in [2.24, 2.45) is 0 Å². The van der Waals surface area contributed by atoms with E-state index in [1.807, 2.05) is 60.9 Å². The van der Waals surface area contributed by atoms with Crippen LogP contribution >= 0.6 is 11.8 Å². The van der Waals surface area contributed by atoms with E-state index in [1.54, 1.807) is 11.8 Å². The van der Waals surface area contributed by atoms with Crippen molar-refractivity contribution in [2.75, 3.05) is 11.6 Å². The Bertz CT molecular complexity index is 690. The number of anilines is 1. The number of thioether (sulfide) groups is 1. The molecule has 2 aromatic carbocycles. The number of aliphatic carboxylic acids is 1. The summed E-state index contributed by atoms with van der Waals surface area (Å²) < 4.78 is 0. The minimum atomic E-state index is -0.868. The first-order valence-corrected chi connectivity index (χ1v) is 9.26. The van der Waals surface area contributed by atoms with Crippen molar-refractivity contribution < 1.29 is 14.7 Å². The lowest BCUT2D eigenvalue weighted by atomic mass is 10.0. The molecule has 0 aliphatic carbocycles. The Hall–Kier alpha value is -2.47. The van der Waals surface area contributed by atoms with Crippen LogP contribution in [0.4, 0.5) is 10.5 Å². The summed E-state index contributed by atoms with van der Waals surface area (Å²) in [5.41, 5.74) is 1.76. The molecule has 2 amide bonds. The van der Waals surface area contributed by atoms with Crippen LogP contribution in [-0.4, -0.2) is 29.4 Å². The Balaban J connectivity index is 1.95. The lowest BCUT2D eigenvalue weighted by Gasteiger charge is -2.19. The van der Waals surface area contributed by atoms with Gasteiger partial charge in [0.1, 0.15) is 0 Å². The van der Waals surface area contributed by atoms with E-state index in [2.05, 4.69) is 10.6 Å². The van der Waals surface area contributed by atoms with Crippen molar-refractivity contribution in [3.63, 3.8) is 0 Å². The molecule has 0 saturated heterocycles. The van der Waals surface area contributed by atoms with Crippen molar-refractivity contribution in [1.82, 2.24) is 5.32 Å². The third kappa shape index (κ3) is 6.89. The van der Waals surface area contributed by atoms with Crippen molar-refractivity contribution >= 4 is 29.4 Å². The molecule has 1 unspecified atom stereocenters. The molecule has 0 aliphatic heterocycles. The number of hydrogen-bond donors (Lipinski definition) is 3. The van der Waals surface area contributed by atoms with Gasteiger partial charge in [0, 0.05) is 23.0 Å². The zero-order valence-electron chi connectivity index (χ0n) is 14.1. The summed E-state index contributed by atoms with van der Waals surface area (Å²) in [5, 5.41) is 14.6. The first-order chi connectivity index (χ1) is 12.1. The highest BCUT2D eigenvalue weighted by molar-refractivity contribution is 7.98. The fourth-order valence-electron chi connectivity index (χ4n) is 2.45. The SMILES string of the molecule is CSc1ccc(NC(=O)NC(CCC(=O)O)Cc2ccccc2)cc1. The lowest BCUT2D eigenvalue weighted by molar-refractivity contribution is -0.137. The van der Waals surface area contributed by atoms with Gasteiger partial charge in [-0.15, -0.1) is 11.8 Å². The summed E-state index contributed by atoms with van der Waals surface area (Å²) in [6, 6.07) is 16.7. The number of carbonyl (C=O) groups excluding carboxylic acids is 1. The predicted molar refractivity (Wildman–Crippen MR) is 101 cm³/mol. The average molecular weight is 358 g/mol. The van der Waals surface area contributed by atoms with E-state index < -0.39 is 5.97 Å². The molecule has 0 saturated carbocycles. The van der Waals surface area contributed by atoms with Gasteiger partial charge in [-0.25, -0.2) is 4.79 Å². The van der Waals surface area contributed by atoms with E-state index in [0.29, 0.717) is 18.5 Å². The van der Waals surface area contributed by atoms with E-state index in [-0.39, 0.29) is 18.5 Å². The molecule has 0 radical (unpaired) electrons. The van der Waals surface area contributed by atoms with Gasteiger partial charge in [0.2, 0.25) is 0 Å². The predicted octanol–water partition coefficient (Wildman–Crippen LogP) is 4.01. The molecule has 2 rings (SSSR count). The number of rotatable bonds is 8. The second-order valence-corrected chi connectivity index (χ2v) is 6.53. The van der Waals surface area contributed by atoms with Crippen molar-refractivity contribution in [3.8, 4) is 0 Å². The second kappa shape index (κ2) is 9.74. The third-order valence-corrected chi connectivity index (χ3v) is 4.46. The van der Waals surface area contributed by atoms with Gasteiger partial charge in [-0.3, -0.25) is 4.79 Å². The van der Waals surface area contributed by atoms with Crippen LogP contribution in [-0.2, 0) is 11.2 Å². The molecule has 6 heteroatoms. The summed E-state index contributed by atoms with van der Waals surface area (Å²) in [6.07, 6.45) is 2.97. The molecule has 132 valence electrons. The molecule has 0 aromatic heterocycles. The van der Waals surface area contributed by atoms with Crippen LogP contribution in [0, 0.1) is 0 Å². The van der Waals surface area contributed by atoms with Crippen molar-refractivity contribution in [2.45, 2.75) is 30.2 Å². The van der Waals surface area contributed by atoms with Crippen LogP contribution in [0.15, 0.2) is 59.5 Å². The summed E-state index contributed by atoms with van der Waals surface area (Å²) in [6.45, 7) is 0. The van der Waals surface area contributed by atoms with Gasteiger partial charge in [-0.05, 0) is 48.9 Å². The zero-order chi connectivity index (χ0) is 18.1. The molecule has 0 aliphatic rings. The van der Waals surface area contributed by atoms with Crippen LogP contribution in [0.1, 0.15) is 18.4 Å². The number of nitrogens with one attached hydrogen (secondary N) is 2. The number of carboxylic acid groups (broad SMARTS) is 1. The van der Waals surface area contributed by atoms with Crippen LogP contribution in [0.2, 0.25) is 0 Å². The molecule has 25 heavy (non-hydrogen) atoms. The van der Waals surface area contributed by atoms with Crippen LogP contribution in [0.3, 0.4) is 0 Å². The molecule has 0 fully saturated rings. The van der Waals surface area contributed by atoms with Gasteiger partial charge >= 0.3 is 12.0 Å². The molecular weight excluding hydrogens is 336 g/mol. The number of urea groups is 1. The second-order valence-electron chi connectivity index (χ2n) is 5.65. The molecule has 0 spiro atoms. The summed E-state index contributed by atoms with van der Waals surface area (Å²) in [7, 11) is 0. The van der Waals surface area contributed by atoms with Gasteiger partial charge < -0.3 is 15.7 Å². The van der Waals surface area contributed by atoms with Gasteiger partial charge in [-0.1, -0.05) is 30.3 Å². The molecule has 3 N–H and O–H groups in total. The summed E-state index contributed by atoms with van der Waals surface area (Å²) >= 11 is 1.63. The fraction of sp³-hybridized carbons (Fsp3) is 0.263.